The lowest BCUT2D eigenvalue weighted by Crippen LogP contribution is -2.43. The molecule has 0 radical (unpaired) electrons. The molecule has 3 unspecified atom stereocenters. The number of hydrogen-bond donors (Lipinski definition) is 3. The van der Waals surface area contributed by atoms with Crippen molar-refractivity contribution in [1.29, 1.82) is 0 Å². The van der Waals surface area contributed by atoms with E-state index in [9.17, 15) is 4.79 Å². The van der Waals surface area contributed by atoms with E-state index in [1.165, 1.54) is 6.42 Å². The van der Waals surface area contributed by atoms with E-state index in [0.29, 0.717) is 12.0 Å². The first kappa shape index (κ1) is 14.9. The number of amides is 1. The van der Waals surface area contributed by atoms with E-state index < -0.39 is 0 Å². The topological polar surface area (TPSA) is 65.6 Å². The number of fused-ring (bicyclic) bond motifs is 1. The number of carbonyl (C=O) groups excluding carboxylic acids is 1. The summed E-state index contributed by atoms with van der Waals surface area (Å²) in [7, 11) is 0. The SMILES string of the molecule is O=C(Nc1ccccc1N1CCOCC1)C1NNC2CCCC21. The number of carbonyl (C=O) groups is 1. The van der Waals surface area contributed by atoms with E-state index >= 15 is 0 Å². The minimum absolute atomic E-state index is 0.0626. The van der Waals surface area contributed by atoms with Gasteiger partial charge in [-0.25, -0.2) is 5.43 Å². The van der Waals surface area contributed by atoms with Crippen LogP contribution in [0.1, 0.15) is 19.3 Å². The number of anilines is 2. The van der Waals surface area contributed by atoms with E-state index in [1.807, 2.05) is 18.2 Å². The van der Waals surface area contributed by atoms with Gasteiger partial charge in [0.05, 0.1) is 24.6 Å². The van der Waals surface area contributed by atoms with Gasteiger partial charge in [-0.05, 0) is 25.0 Å². The van der Waals surface area contributed by atoms with Crippen molar-refractivity contribution in [3.8, 4) is 0 Å². The number of nitrogens with one attached hydrogen (secondary N) is 3. The zero-order chi connectivity index (χ0) is 15.6. The van der Waals surface area contributed by atoms with Gasteiger partial charge in [0.15, 0.2) is 0 Å². The second-order valence-corrected chi connectivity index (χ2v) is 6.57. The predicted octanol–water partition coefficient (Wildman–Crippen LogP) is 1.11. The molecule has 0 bridgehead atoms. The highest BCUT2D eigenvalue weighted by molar-refractivity contribution is 5.98. The number of nitrogens with zero attached hydrogens (tertiary/aromatic N) is 1. The van der Waals surface area contributed by atoms with Crippen molar-refractivity contribution in [2.75, 3.05) is 36.5 Å². The maximum absolute atomic E-state index is 12.7. The summed E-state index contributed by atoms with van der Waals surface area (Å²) >= 11 is 0. The fourth-order valence-electron chi connectivity index (χ4n) is 4.00. The van der Waals surface area contributed by atoms with Crippen molar-refractivity contribution < 1.29 is 9.53 Å². The highest BCUT2D eigenvalue weighted by Crippen LogP contribution is 2.33. The fraction of sp³-hybridized carbons (Fsp3) is 0.588. The monoisotopic (exact) mass is 316 g/mol. The number of rotatable bonds is 3. The average Bonchev–Trinajstić information content (AvgIpc) is 3.19. The quantitative estimate of drug-likeness (QED) is 0.779. The molecule has 124 valence electrons. The van der Waals surface area contributed by atoms with Gasteiger partial charge in [-0.15, -0.1) is 0 Å². The summed E-state index contributed by atoms with van der Waals surface area (Å²) in [5.74, 6) is 0.471. The molecule has 2 heterocycles. The summed E-state index contributed by atoms with van der Waals surface area (Å²) in [6, 6.07) is 8.35. The molecule has 1 aliphatic carbocycles. The number of para-hydroxylation sites is 2. The molecule has 1 aromatic carbocycles. The predicted molar refractivity (Wildman–Crippen MR) is 89.3 cm³/mol. The number of ether oxygens (including phenoxy) is 1. The van der Waals surface area contributed by atoms with Crippen LogP contribution in [0.25, 0.3) is 0 Å². The molecule has 2 aliphatic heterocycles. The Labute approximate surface area is 136 Å². The minimum Gasteiger partial charge on any atom is -0.378 e. The lowest BCUT2D eigenvalue weighted by Gasteiger charge is -2.30. The standard InChI is InChI=1S/C17H24N4O2/c22-17(16-12-4-3-6-13(12)19-20-16)18-14-5-1-2-7-15(14)21-8-10-23-11-9-21/h1-2,5,7,12-13,16,19-20H,3-4,6,8-11H2,(H,18,22). The molecule has 3 fully saturated rings. The van der Waals surface area contributed by atoms with Crippen molar-refractivity contribution in [1.82, 2.24) is 10.9 Å². The third-order valence-electron chi connectivity index (χ3n) is 5.22. The highest BCUT2D eigenvalue weighted by atomic mass is 16.5. The molecule has 4 rings (SSSR count). The Morgan fingerprint density at radius 1 is 1.17 bits per heavy atom. The smallest absolute Gasteiger partial charge is 0.243 e. The number of hydrogen-bond acceptors (Lipinski definition) is 5. The normalized spacial score (nSPS) is 30.3. The summed E-state index contributed by atoms with van der Waals surface area (Å²) in [5, 5.41) is 3.14. The van der Waals surface area contributed by atoms with Crippen molar-refractivity contribution in [2.24, 2.45) is 5.92 Å². The molecule has 1 aromatic rings. The van der Waals surface area contributed by atoms with Crippen LogP contribution in [0.4, 0.5) is 11.4 Å². The first-order valence-electron chi connectivity index (χ1n) is 8.56. The van der Waals surface area contributed by atoms with Crippen LogP contribution < -0.4 is 21.1 Å². The van der Waals surface area contributed by atoms with Gasteiger partial charge in [0.25, 0.3) is 0 Å². The molecular formula is C17H24N4O2. The molecule has 3 aliphatic rings. The van der Waals surface area contributed by atoms with Gasteiger partial charge in [-0.1, -0.05) is 18.6 Å². The molecule has 6 heteroatoms. The van der Waals surface area contributed by atoms with Gasteiger partial charge in [0.1, 0.15) is 6.04 Å². The van der Waals surface area contributed by atoms with Crippen LogP contribution in [0.5, 0.6) is 0 Å². The molecule has 3 atom stereocenters. The largest absolute Gasteiger partial charge is 0.378 e. The third kappa shape index (κ3) is 2.94. The van der Waals surface area contributed by atoms with Crippen LogP contribution in [0.2, 0.25) is 0 Å². The van der Waals surface area contributed by atoms with Crippen LogP contribution in [0, 0.1) is 5.92 Å². The maximum atomic E-state index is 12.7. The van der Waals surface area contributed by atoms with Crippen LogP contribution in [-0.4, -0.2) is 44.3 Å². The zero-order valence-electron chi connectivity index (χ0n) is 13.3. The molecule has 0 spiro atoms. The maximum Gasteiger partial charge on any atom is 0.243 e. The summed E-state index contributed by atoms with van der Waals surface area (Å²) in [5.41, 5.74) is 8.43. The summed E-state index contributed by atoms with van der Waals surface area (Å²) in [6.07, 6.45) is 3.48. The molecule has 23 heavy (non-hydrogen) atoms. The van der Waals surface area contributed by atoms with E-state index in [4.69, 9.17) is 4.74 Å². The van der Waals surface area contributed by atoms with Gasteiger partial charge in [0.2, 0.25) is 5.91 Å². The van der Waals surface area contributed by atoms with Gasteiger partial charge in [-0.3, -0.25) is 10.2 Å². The van der Waals surface area contributed by atoms with E-state index in [1.54, 1.807) is 0 Å². The van der Waals surface area contributed by atoms with Gasteiger partial charge < -0.3 is 15.0 Å². The number of morpholine rings is 1. The summed E-state index contributed by atoms with van der Waals surface area (Å²) in [4.78, 5) is 15.0. The molecule has 0 aromatic heterocycles. The molecular weight excluding hydrogens is 292 g/mol. The fourth-order valence-corrected chi connectivity index (χ4v) is 4.00. The molecule has 1 saturated carbocycles. The first-order chi connectivity index (χ1) is 11.3. The highest BCUT2D eigenvalue weighted by Gasteiger charge is 2.42. The Balaban J connectivity index is 1.49. The number of hydrazine groups is 1. The lowest BCUT2D eigenvalue weighted by atomic mass is 9.96. The Bertz CT molecular complexity index is 573. The van der Waals surface area contributed by atoms with Crippen molar-refractivity contribution in [3.05, 3.63) is 24.3 Å². The Hall–Kier alpha value is -1.63. The Kier molecular flexibility index (Phi) is 4.20. The van der Waals surface area contributed by atoms with E-state index in [-0.39, 0.29) is 11.9 Å². The third-order valence-corrected chi connectivity index (χ3v) is 5.22. The second-order valence-electron chi connectivity index (χ2n) is 6.57. The van der Waals surface area contributed by atoms with Crippen LogP contribution in [0.15, 0.2) is 24.3 Å². The lowest BCUT2D eigenvalue weighted by molar-refractivity contribution is -0.118. The number of benzene rings is 1. The molecule has 6 nitrogen and oxygen atoms in total. The van der Waals surface area contributed by atoms with Crippen molar-refractivity contribution in [2.45, 2.75) is 31.3 Å². The van der Waals surface area contributed by atoms with Gasteiger partial charge in [-0.2, -0.15) is 0 Å². The Morgan fingerprint density at radius 3 is 2.87 bits per heavy atom. The van der Waals surface area contributed by atoms with Crippen LogP contribution in [-0.2, 0) is 9.53 Å². The van der Waals surface area contributed by atoms with Gasteiger partial charge >= 0.3 is 0 Å². The Morgan fingerprint density at radius 2 is 2.00 bits per heavy atom. The van der Waals surface area contributed by atoms with E-state index in [0.717, 1.165) is 50.5 Å². The van der Waals surface area contributed by atoms with Crippen LogP contribution >= 0.6 is 0 Å². The van der Waals surface area contributed by atoms with Crippen molar-refractivity contribution >= 4 is 17.3 Å². The molecule has 1 amide bonds. The zero-order valence-corrected chi connectivity index (χ0v) is 13.3. The summed E-state index contributed by atoms with van der Waals surface area (Å²) < 4.78 is 5.42. The molecule has 2 saturated heterocycles. The van der Waals surface area contributed by atoms with E-state index in [2.05, 4.69) is 27.1 Å². The second kappa shape index (κ2) is 6.47. The summed E-state index contributed by atoms with van der Waals surface area (Å²) in [6.45, 7) is 3.20. The minimum atomic E-state index is -0.139. The van der Waals surface area contributed by atoms with Crippen molar-refractivity contribution in [3.63, 3.8) is 0 Å². The first-order valence-corrected chi connectivity index (χ1v) is 8.56. The average molecular weight is 316 g/mol. The van der Waals surface area contributed by atoms with Crippen LogP contribution in [0.3, 0.4) is 0 Å². The molecule has 3 N–H and O–H groups in total. The van der Waals surface area contributed by atoms with Gasteiger partial charge in [0, 0.05) is 25.0 Å².